The maximum absolute atomic E-state index is 13.5. The average molecular weight is 396 g/mol. The number of aryl methyl sites for hydroxylation is 3. The lowest BCUT2D eigenvalue weighted by Crippen LogP contribution is -2.30. The Labute approximate surface area is 169 Å². The summed E-state index contributed by atoms with van der Waals surface area (Å²) in [6, 6.07) is 8.17. The Morgan fingerprint density at radius 3 is 2.68 bits per heavy atom. The van der Waals surface area contributed by atoms with Crippen LogP contribution in [0.15, 0.2) is 24.3 Å². The van der Waals surface area contributed by atoms with Gasteiger partial charge < -0.3 is 9.64 Å². The predicted octanol–water partition coefficient (Wildman–Crippen LogP) is 4.86. The van der Waals surface area contributed by atoms with Gasteiger partial charge in [0.2, 0.25) is 0 Å². The van der Waals surface area contributed by atoms with Crippen LogP contribution in [0.3, 0.4) is 0 Å². The zero-order valence-electron chi connectivity index (χ0n) is 16.8. The molecule has 1 aliphatic rings. The second-order valence-corrected chi connectivity index (χ2v) is 8.24. The lowest BCUT2D eigenvalue weighted by Gasteiger charge is -2.25. The molecule has 0 spiro atoms. The molecular weight excluding hydrogens is 370 g/mol. The van der Waals surface area contributed by atoms with Gasteiger partial charge in [-0.3, -0.25) is 4.79 Å². The number of hydrogen-bond donors (Lipinski definition) is 0. The molecule has 6 heteroatoms. The van der Waals surface area contributed by atoms with Crippen molar-refractivity contribution < 1.29 is 9.53 Å². The standard InChI is InChI=1S/C22H25N3O2S/c1-5-18-23-14(3)19-13(2)20(28-21(19)24-18)22(26)25-12-6-7-17(25)15-8-10-16(27-4)11-9-15/h8-11,17H,5-7,12H2,1-4H3/t17-/m0/s1. The Balaban J connectivity index is 1.69. The maximum Gasteiger partial charge on any atom is 0.264 e. The molecule has 146 valence electrons. The lowest BCUT2D eigenvalue weighted by atomic mass is 10.0. The van der Waals surface area contributed by atoms with Gasteiger partial charge in [0.25, 0.3) is 5.91 Å². The van der Waals surface area contributed by atoms with Gasteiger partial charge in [-0.1, -0.05) is 19.1 Å². The number of carbonyl (C=O) groups excluding carboxylic acids is 1. The smallest absolute Gasteiger partial charge is 0.264 e. The number of thiophene rings is 1. The first-order chi connectivity index (χ1) is 13.5. The lowest BCUT2D eigenvalue weighted by molar-refractivity contribution is 0.0740. The maximum atomic E-state index is 13.5. The number of likely N-dealkylation sites (tertiary alicyclic amines) is 1. The first-order valence-electron chi connectivity index (χ1n) is 9.75. The molecule has 1 saturated heterocycles. The van der Waals surface area contributed by atoms with Crippen molar-refractivity contribution in [2.45, 2.75) is 46.1 Å². The molecule has 1 atom stereocenters. The van der Waals surface area contributed by atoms with Crippen LogP contribution in [0.25, 0.3) is 10.2 Å². The summed E-state index contributed by atoms with van der Waals surface area (Å²) in [4.78, 5) is 26.5. The highest BCUT2D eigenvalue weighted by Gasteiger charge is 2.33. The first kappa shape index (κ1) is 18.9. The largest absolute Gasteiger partial charge is 0.497 e. The molecule has 0 aliphatic carbocycles. The molecule has 1 aliphatic heterocycles. The molecule has 0 radical (unpaired) electrons. The van der Waals surface area contributed by atoms with E-state index < -0.39 is 0 Å². The normalized spacial score (nSPS) is 16.7. The summed E-state index contributed by atoms with van der Waals surface area (Å²) in [5, 5.41) is 1.03. The summed E-state index contributed by atoms with van der Waals surface area (Å²) in [7, 11) is 1.67. The van der Waals surface area contributed by atoms with Crippen molar-refractivity contribution >= 4 is 27.5 Å². The monoisotopic (exact) mass is 395 g/mol. The van der Waals surface area contributed by atoms with Gasteiger partial charge in [0.1, 0.15) is 16.4 Å². The van der Waals surface area contributed by atoms with E-state index in [-0.39, 0.29) is 11.9 Å². The Kier molecular flexibility index (Phi) is 5.06. The van der Waals surface area contributed by atoms with Gasteiger partial charge >= 0.3 is 0 Å². The van der Waals surface area contributed by atoms with E-state index in [0.29, 0.717) is 0 Å². The minimum atomic E-state index is 0.108. The number of nitrogens with zero attached hydrogens (tertiary/aromatic N) is 3. The van der Waals surface area contributed by atoms with Crippen molar-refractivity contribution in [2.24, 2.45) is 0 Å². The first-order valence-corrected chi connectivity index (χ1v) is 10.6. The zero-order chi connectivity index (χ0) is 19.8. The highest BCUT2D eigenvalue weighted by Crippen LogP contribution is 2.38. The van der Waals surface area contributed by atoms with Crippen LogP contribution in [0.2, 0.25) is 0 Å². The molecule has 1 amide bonds. The van der Waals surface area contributed by atoms with E-state index in [4.69, 9.17) is 4.74 Å². The summed E-state index contributed by atoms with van der Waals surface area (Å²) in [6.45, 7) is 6.87. The number of hydrogen-bond acceptors (Lipinski definition) is 5. The van der Waals surface area contributed by atoms with Crippen LogP contribution in [0.5, 0.6) is 5.75 Å². The van der Waals surface area contributed by atoms with Crippen molar-refractivity contribution in [3.05, 3.63) is 51.8 Å². The molecule has 1 aromatic carbocycles. The average Bonchev–Trinajstić information content (AvgIpc) is 3.32. The molecule has 4 rings (SSSR count). The number of carbonyl (C=O) groups is 1. The van der Waals surface area contributed by atoms with E-state index in [1.54, 1.807) is 7.11 Å². The molecule has 3 heterocycles. The van der Waals surface area contributed by atoms with E-state index >= 15 is 0 Å². The fraction of sp³-hybridized carbons (Fsp3) is 0.409. The predicted molar refractivity (Wildman–Crippen MR) is 112 cm³/mol. The van der Waals surface area contributed by atoms with Crippen molar-refractivity contribution in [3.8, 4) is 5.75 Å². The second kappa shape index (κ2) is 7.51. The topological polar surface area (TPSA) is 55.3 Å². The summed E-state index contributed by atoms with van der Waals surface area (Å²) in [5.41, 5.74) is 3.13. The molecule has 28 heavy (non-hydrogen) atoms. The van der Waals surface area contributed by atoms with Crippen molar-refractivity contribution in [1.82, 2.24) is 14.9 Å². The Morgan fingerprint density at radius 1 is 1.25 bits per heavy atom. The minimum absolute atomic E-state index is 0.108. The summed E-state index contributed by atoms with van der Waals surface area (Å²) < 4.78 is 5.26. The number of rotatable bonds is 4. The minimum Gasteiger partial charge on any atom is -0.497 e. The molecule has 0 bridgehead atoms. The zero-order valence-corrected chi connectivity index (χ0v) is 17.6. The Morgan fingerprint density at radius 2 is 2.00 bits per heavy atom. The van der Waals surface area contributed by atoms with Crippen molar-refractivity contribution in [2.75, 3.05) is 13.7 Å². The highest BCUT2D eigenvalue weighted by atomic mass is 32.1. The van der Waals surface area contributed by atoms with Crippen LogP contribution in [-0.4, -0.2) is 34.4 Å². The van der Waals surface area contributed by atoms with Gasteiger partial charge in [-0.15, -0.1) is 11.3 Å². The Hall–Kier alpha value is -2.47. The number of fused-ring (bicyclic) bond motifs is 1. The van der Waals surface area contributed by atoms with Crippen LogP contribution in [-0.2, 0) is 6.42 Å². The molecule has 0 N–H and O–H groups in total. The van der Waals surface area contributed by atoms with Crippen LogP contribution in [0, 0.1) is 13.8 Å². The number of amides is 1. The molecule has 0 saturated carbocycles. The van der Waals surface area contributed by atoms with Crippen LogP contribution in [0.4, 0.5) is 0 Å². The summed E-state index contributed by atoms with van der Waals surface area (Å²) in [5.74, 6) is 1.78. The molecular formula is C22H25N3O2S. The summed E-state index contributed by atoms with van der Waals surface area (Å²) in [6.07, 6.45) is 2.80. The van der Waals surface area contributed by atoms with Gasteiger partial charge in [0, 0.05) is 24.0 Å². The van der Waals surface area contributed by atoms with Crippen LogP contribution >= 0.6 is 11.3 Å². The van der Waals surface area contributed by atoms with Gasteiger partial charge in [0.15, 0.2) is 0 Å². The van der Waals surface area contributed by atoms with Gasteiger partial charge in [0.05, 0.1) is 18.0 Å². The Bertz CT molecular complexity index is 1030. The number of aromatic nitrogens is 2. The third-order valence-corrected chi connectivity index (χ3v) is 6.72. The SMILES string of the molecule is CCc1nc(C)c2c(C)c(C(=O)N3CCC[C@H]3c3ccc(OC)cc3)sc2n1. The summed E-state index contributed by atoms with van der Waals surface area (Å²) >= 11 is 1.50. The van der Waals surface area contributed by atoms with Crippen molar-refractivity contribution in [3.63, 3.8) is 0 Å². The quantitative estimate of drug-likeness (QED) is 0.633. The molecule has 2 aromatic heterocycles. The van der Waals surface area contributed by atoms with Gasteiger partial charge in [-0.05, 0) is 49.9 Å². The molecule has 0 unspecified atom stereocenters. The number of benzene rings is 1. The third kappa shape index (κ3) is 3.15. The van der Waals surface area contributed by atoms with E-state index in [9.17, 15) is 4.79 Å². The van der Waals surface area contributed by atoms with E-state index in [0.717, 1.165) is 69.3 Å². The van der Waals surface area contributed by atoms with E-state index in [1.165, 1.54) is 11.3 Å². The molecule has 1 fully saturated rings. The number of methoxy groups -OCH3 is 1. The highest BCUT2D eigenvalue weighted by molar-refractivity contribution is 7.20. The fourth-order valence-corrected chi connectivity index (χ4v) is 5.28. The molecule has 5 nitrogen and oxygen atoms in total. The van der Waals surface area contributed by atoms with Gasteiger partial charge in [-0.25, -0.2) is 9.97 Å². The van der Waals surface area contributed by atoms with E-state index in [1.807, 2.05) is 30.9 Å². The van der Waals surface area contributed by atoms with Crippen molar-refractivity contribution in [1.29, 1.82) is 0 Å². The third-order valence-electron chi connectivity index (χ3n) is 5.54. The van der Waals surface area contributed by atoms with E-state index in [2.05, 4.69) is 29.0 Å². The van der Waals surface area contributed by atoms with Crippen LogP contribution in [0.1, 0.15) is 58.1 Å². The van der Waals surface area contributed by atoms with Gasteiger partial charge in [-0.2, -0.15) is 0 Å². The fourth-order valence-electron chi connectivity index (χ4n) is 4.07. The second-order valence-electron chi connectivity index (χ2n) is 7.24. The molecule has 3 aromatic rings. The number of ether oxygens (including phenoxy) is 1. The van der Waals surface area contributed by atoms with Crippen LogP contribution < -0.4 is 4.74 Å².